The molecule has 1 rings (SSSR count). The van der Waals surface area contributed by atoms with Gasteiger partial charge in [-0.25, -0.2) is 9.78 Å². The van der Waals surface area contributed by atoms with Crippen molar-refractivity contribution < 1.29 is 9.53 Å². The number of thiazole rings is 1. The third-order valence-electron chi connectivity index (χ3n) is 1.93. The molecular weight excluding hydrogens is 198 g/mol. The SMILES string of the molecule is O=[C]OCCCCCCc1nccs1. The van der Waals surface area contributed by atoms with E-state index in [9.17, 15) is 4.79 Å². The Morgan fingerprint density at radius 1 is 1.36 bits per heavy atom. The number of rotatable bonds is 8. The second-order valence-corrected chi connectivity index (χ2v) is 4.00. The quantitative estimate of drug-likeness (QED) is 0.621. The molecule has 0 bridgehead atoms. The second-order valence-electron chi connectivity index (χ2n) is 3.02. The van der Waals surface area contributed by atoms with Crippen LogP contribution in [-0.2, 0) is 16.0 Å². The number of unbranched alkanes of at least 4 members (excludes halogenated alkanes) is 3. The maximum Gasteiger partial charge on any atom is 0.417 e. The highest BCUT2D eigenvalue weighted by molar-refractivity contribution is 7.09. The third-order valence-corrected chi connectivity index (χ3v) is 2.77. The van der Waals surface area contributed by atoms with E-state index in [1.165, 1.54) is 17.9 Å². The molecule has 0 fully saturated rings. The van der Waals surface area contributed by atoms with Gasteiger partial charge < -0.3 is 4.74 Å². The lowest BCUT2D eigenvalue weighted by Crippen LogP contribution is -1.91. The summed E-state index contributed by atoms with van der Waals surface area (Å²) in [4.78, 5) is 13.9. The minimum atomic E-state index is 0.501. The molecule has 0 aromatic carbocycles. The van der Waals surface area contributed by atoms with Gasteiger partial charge in [0.2, 0.25) is 0 Å². The Morgan fingerprint density at radius 3 is 2.93 bits per heavy atom. The van der Waals surface area contributed by atoms with E-state index in [0.717, 1.165) is 25.7 Å². The van der Waals surface area contributed by atoms with Crippen molar-refractivity contribution in [2.45, 2.75) is 32.1 Å². The monoisotopic (exact) mass is 212 g/mol. The fourth-order valence-corrected chi connectivity index (χ4v) is 1.88. The van der Waals surface area contributed by atoms with Crippen LogP contribution in [0, 0.1) is 0 Å². The van der Waals surface area contributed by atoms with E-state index in [2.05, 4.69) is 9.72 Å². The molecule has 3 nitrogen and oxygen atoms in total. The Morgan fingerprint density at radius 2 is 2.21 bits per heavy atom. The fourth-order valence-electron chi connectivity index (χ4n) is 1.22. The predicted octanol–water partition coefficient (Wildman–Crippen LogP) is 2.33. The van der Waals surface area contributed by atoms with Crippen LogP contribution >= 0.6 is 11.3 Å². The molecule has 1 aromatic rings. The third kappa shape index (κ3) is 4.97. The van der Waals surface area contributed by atoms with Crippen LogP contribution in [-0.4, -0.2) is 18.1 Å². The molecule has 0 unspecified atom stereocenters. The van der Waals surface area contributed by atoms with E-state index in [1.54, 1.807) is 11.3 Å². The summed E-state index contributed by atoms with van der Waals surface area (Å²) in [5, 5.41) is 3.21. The zero-order chi connectivity index (χ0) is 10.1. The second kappa shape index (κ2) is 7.50. The first-order valence-corrected chi connectivity index (χ1v) is 5.69. The summed E-state index contributed by atoms with van der Waals surface area (Å²) >= 11 is 1.71. The highest BCUT2D eigenvalue weighted by Crippen LogP contribution is 2.09. The number of nitrogens with zero attached hydrogens (tertiary/aromatic N) is 1. The Bertz CT molecular complexity index is 236. The van der Waals surface area contributed by atoms with E-state index in [4.69, 9.17) is 0 Å². The van der Waals surface area contributed by atoms with Gasteiger partial charge in [0.15, 0.2) is 0 Å². The highest BCUT2D eigenvalue weighted by atomic mass is 32.1. The van der Waals surface area contributed by atoms with Gasteiger partial charge in [0, 0.05) is 11.6 Å². The fraction of sp³-hybridized carbons (Fsp3) is 0.600. The van der Waals surface area contributed by atoms with E-state index in [0.29, 0.717) is 6.61 Å². The van der Waals surface area contributed by atoms with Crippen LogP contribution in [0.2, 0.25) is 0 Å². The van der Waals surface area contributed by atoms with Crippen LogP contribution in [0.3, 0.4) is 0 Å². The average Bonchev–Trinajstić information content (AvgIpc) is 2.69. The Kier molecular flexibility index (Phi) is 5.99. The topological polar surface area (TPSA) is 39.2 Å². The van der Waals surface area contributed by atoms with Gasteiger partial charge in [-0.05, 0) is 19.3 Å². The molecule has 0 saturated heterocycles. The van der Waals surface area contributed by atoms with Crippen LogP contribution in [0.4, 0.5) is 0 Å². The van der Waals surface area contributed by atoms with Crippen molar-refractivity contribution in [2.75, 3.05) is 6.61 Å². The van der Waals surface area contributed by atoms with Gasteiger partial charge in [-0.1, -0.05) is 12.8 Å². The maximum atomic E-state index is 9.70. The van der Waals surface area contributed by atoms with Gasteiger partial charge in [-0.15, -0.1) is 11.3 Å². The summed E-state index contributed by atoms with van der Waals surface area (Å²) < 4.78 is 4.47. The molecule has 0 saturated carbocycles. The Hall–Kier alpha value is -0.900. The summed E-state index contributed by atoms with van der Waals surface area (Å²) in [5.41, 5.74) is 0. The van der Waals surface area contributed by atoms with Crippen LogP contribution in [0.1, 0.15) is 30.7 Å². The lowest BCUT2D eigenvalue weighted by molar-refractivity contribution is 0.269. The first-order valence-electron chi connectivity index (χ1n) is 4.81. The number of aryl methyl sites for hydroxylation is 1. The standard InChI is InChI=1S/C10H14NO2S/c12-9-13-7-4-2-1-3-5-10-11-6-8-14-10/h6,8H,1-5,7H2. The molecule has 0 atom stereocenters. The zero-order valence-electron chi connectivity index (χ0n) is 8.07. The summed E-state index contributed by atoms with van der Waals surface area (Å²) in [6.45, 7) is 1.92. The molecule has 1 radical (unpaired) electrons. The first kappa shape index (κ1) is 11.2. The van der Waals surface area contributed by atoms with Crippen molar-refractivity contribution >= 4 is 17.8 Å². The summed E-state index contributed by atoms with van der Waals surface area (Å²) in [6, 6.07) is 0. The van der Waals surface area contributed by atoms with Crippen molar-refractivity contribution in [3.05, 3.63) is 16.6 Å². The van der Waals surface area contributed by atoms with E-state index in [1.807, 2.05) is 11.6 Å². The van der Waals surface area contributed by atoms with Crippen molar-refractivity contribution in [3.8, 4) is 0 Å². The molecule has 1 heterocycles. The summed E-state index contributed by atoms with van der Waals surface area (Å²) in [7, 11) is 0. The van der Waals surface area contributed by atoms with E-state index < -0.39 is 0 Å². The molecule has 0 spiro atoms. The molecule has 0 aliphatic carbocycles. The number of carbonyl (C=O) groups excluding carboxylic acids is 1. The average molecular weight is 212 g/mol. The summed E-state index contributed by atoms with van der Waals surface area (Å²) in [5.74, 6) is 0. The van der Waals surface area contributed by atoms with Crippen LogP contribution in [0.25, 0.3) is 0 Å². The van der Waals surface area contributed by atoms with Crippen molar-refractivity contribution in [3.63, 3.8) is 0 Å². The summed E-state index contributed by atoms with van der Waals surface area (Å²) in [6.07, 6.45) is 7.28. The zero-order valence-corrected chi connectivity index (χ0v) is 8.89. The largest absolute Gasteiger partial charge is 0.457 e. The van der Waals surface area contributed by atoms with Gasteiger partial charge in [0.25, 0.3) is 0 Å². The number of hydrogen-bond acceptors (Lipinski definition) is 4. The molecule has 0 N–H and O–H groups in total. The molecule has 0 aliphatic rings. The first-order chi connectivity index (χ1) is 6.93. The number of aromatic nitrogens is 1. The number of ether oxygens (including phenoxy) is 1. The smallest absolute Gasteiger partial charge is 0.417 e. The van der Waals surface area contributed by atoms with Crippen LogP contribution < -0.4 is 0 Å². The molecule has 1 aromatic heterocycles. The normalized spacial score (nSPS) is 10.0. The maximum absolute atomic E-state index is 9.70. The minimum Gasteiger partial charge on any atom is -0.457 e. The molecule has 4 heteroatoms. The molecular formula is C10H14NO2S. The Labute approximate surface area is 88.1 Å². The van der Waals surface area contributed by atoms with Crippen LogP contribution in [0.5, 0.6) is 0 Å². The van der Waals surface area contributed by atoms with E-state index in [-0.39, 0.29) is 0 Å². The highest BCUT2D eigenvalue weighted by Gasteiger charge is 1.95. The lowest BCUT2D eigenvalue weighted by atomic mass is 10.1. The van der Waals surface area contributed by atoms with Gasteiger partial charge in [-0.2, -0.15) is 0 Å². The molecule has 77 valence electrons. The van der Waals surface area contributed by atoms with Gasteiger partial charge in [0.1, 0.15) is 0 Å². The molecule has 0 amide bonds. The van der Waals surface area contributed by atoms with Gasteiger partial charge in [-0.3, -0.25) is 0 Å². The minimum absolute atomic E-state index is 0.501. The lowest BCUT2D eigenvalue weighted by Gasteiger charge is -1.98. The number of hydrogen-bond donors (Lipinski definition) is 0. The Balaban J connectivity index is 1.87. The van der Waals surface area contributed by atoms with Crippen LogP contribution in [0.15, 0.2) is 11.6 Å². The van der Waals surface area contributed by atoms with Gasteiger partial charge >= 0.3 is 6.47 Å². The molecule has 14 heavy (non-hydrogen) atoms. The molecule has 0 aliphatic heterocycles. The van der Waals surface area contributed by atoms with Crippen molar-refractivity contribution in [1.82, 2.24) is 4.98 Å². The predicted molar refractivity (Wildman–Crippen MR) is 55.9 cm³/mol. The van der Waals surface area contributed by atoms with Crippen molar-refractivity contribution in [2.24, 2.45) is 0 Å². The van der Waals surface area contributed by atoms with E-state index >= 15 is 0 Å². The van der Waals surface area contributed by atoms with Gasteiger partial charge in [0.05, 0.1) is 11.6 Å². The van der Waals surface area contributed by atoms with Crippen molar-refractivity contribution in [1.29, 1.82) is 0 Å².